The van der Waals surface area contributed by atoms with Crippen molar-refractivity contribution in [3.05, 3.63) is 4.88 Å². The number of methoxy groups -OCH3 is 1. The Morgan fingerprint density at radius 2 is 2.33 bits per heavy atom. The van der Waals surface area contributed by atoms with E-state index in [4.69, 9.17) is 10.5 Å². The van der Waals surface area contributed by atoms with E-state index in [-0.39, 0.29) is 17.8 Å². The van der Waals surface area contributed by atoms with Gasteiger partial charge in [0.15, 0.2) is 5.13 Å². The van der Waals surface area contributed by atoms with E-state index in [1.807, 2.05) is 25.8 Å². The highest BCUT2D eigenvalue weighted by Gasteiger charge is 2.18. The molecule has 1 aromatic heterocycles. The summed E-state index contributed by atoms with van der Waals surface area (Å²) in [5, 5.41) is 3.57. The molecule has 0 spiro atoms. The van der Waals surface area contributed by atoms with Crippen LogP contribution in [0.1, 0.15) is 23.5 Å². The van der Waals surface area contributed by atoms with Crippen molar-refractivity contribution in [2.75, 3.05) is 37.9 Å². The largest absolute Gasteiger partial charge is 0.383 e. The van der Waals surface area contributed by atoms with Crippen LogP contribution in [0.4, 0.5) is 10.9 Å². The quantitative estimate of drug-likeness (QED) is 0.806. The molecule has 6 nitrogen and oxygen atoms in total. The molecule has 0 aliphatic carbocycles. The Morgan fingerprint density at radius 1 is 1.67 bits per heavy atom. The minimum absolute atomic E-state index is 0.0589. The number of nitrogens with zero attached hydrogens (tertiary/aromatic N) is 2. The molecule has 0 radical (unpaired) electrons. The average Bonchev–Trinajstić information content (AvgIpc) is 2.70. The van der Waals surface area contributed by atoms with E-state index in [1.165, 1.54) is 11.3 Å². The van der Waals surface area contributed by atoms with Gasteiger partial charge >= 0.3 is 0 Å². The molecule has 1 aromatic rings. The summed E-state index contributed by atoms with van der Waals surface area (Å²) in [6, 6.07) is -0.0589. The number of nitrogens with one attached hydrogen (secondary N) is 1. The molecular weight excluding hydrogens is 252 g/mol. The summed E-state index contributed by atoms with van der Waals surface area (Å²) < 4.78 is 4.97. The first-order chi connectivity index (χ1) is 8.49. The number of nitrogen functional groups attached to an aromatic ring is 1. The average molecular weight is 272 g/mol. The first-order valence-electron chi connectivity index (χ1n) is 5.76. The van der Waals surface area contributed by atoms with Gasteiger partial charge in [0.2, 0.25) is 0 Å². The molecule has 1 atom stereocenters. The van der Waals surface area contributed by atoms with Crippen LogP contribution in [0.15, 0.2) is 0 Å². The van der Waals surface area contributed by atoms with Crippen LogP contribution >= 0.6 is 11.3 Å². The normalized spacial score (nSPS) is 12.2. The molecule has 0 aliphatic rings. The van der Waals surface area contributed by atoms with Crippen molar-refractivity contribution < 1.29 is 9.53 Å². The van der Waals surface area contributed by atoms with Crippen LogP contribution in [0, 0.1) is 0 Å². The summed E-state index contributed by atoms with van der Waals surface area (Å²) in [4.78, 5) is 18.6. The van der Waals surface area contributed by atoms with Crippen molar-refractivity contribution in [2.24, 2.45) is 0 Å². The monoisotopic (exact) mass is 272 g/mol. The lowest BCUT2D eigenvalue weighted by Crippen LogP contribution is -2.35. The SMILES string of the molecule is CCN(C)c1nc(N)c(C(=O)NC(C)COC)s1. The highest BCUT2D eigenvalue weighted by atomic mass is 32.1. The van der Waals surface area contributed by atoms with E-state index in [2.05, 4.69) is 10.3 Å². The van der Waals surface area contributed by atoms with E-state index in [0.29, 0.717) is 11.5 Å². The van der Waals surface area contributed by atoms with Gasteiger partial charge in [-0.15, -0.1) is 0 Å². The van der Waals surface area contributed by atoms with Crippen molar-refractivity contribution in [1.82, 2.24) is 10.3 Å². The van der Waals surface area contributed by atoms with Gasteiger partial charge in [0.25, 0.3) is 5.91 Å². The zero-order valence-electron chi connectivity index (χ0n) is 11.2. The van der Waals surface area contributed by atoms with E-state index in [9.17, 15) is 4.79 Å². The lowest BCUT2D eigenvalue weighted by atomic mass is 10.3. The minimum atomic E-state index is -0.203. The molecule has 0 aromatic carbocycles. The van der Waals surface area contributed by atoms with Crippen molar-refractivity contribution in [1.29, 1.82) is 0 Å². The number of nitrogens with two attached hydrogens (primary N) is 1. The third-order valence-electron chi connectivity index (χ3n) is 2.44. The molecule has 0 saturated carbocycles. The highest BCUT2D eigenvalue weighted by Crippen LogP contribution is 2.27. The van der Waals surface area contributed by atoms with Gasteiger partial charge in [0.1, 0.15) is 10.7 Å². The van der Waals surface area contributed by atoms with Crippen molar-refractivity contribution in [3.63, 3.8) is 0 Å². The minimum Gasteiger partial charge on any atom is -0.383 e. The second kappa shape index (κ2) is 6.55. The second-order valence-electron chi connectivity index (χ2n) is 4.05. The van der Waals surface area contributed by atoms with Crippen LogP contribution in [-0.4, -0.2) is 44.2 Å². The van der Waals surface area contributed by atoms with Crippen LogP contribution < -0.4 is 16.0 Å². The molecule has 7 heteroatoms. The Hall–Kier alpha value is -1.34. The van der Waals surface area contributed by atoms with Crippen LogP contribution in [0.5, 0.6) is 0 Å². The van der Waals surface area contributed by atoms with Gasteiger partial charge in [-0.1, -0.05) is 11.3 Å². The molecule has 18 heavy (non-hydrogen) atoms. The summed E-state index contributed by atoms with van der Waals surface area (Å²) in [5.41, 5.74) is 5.77. The second-order valence-corrected chi connectivity index (χ2v) is 5.03. The Labute approximate surface area is 111 Å². The number of ether oxygens (including phenoxy) is 1. The Kier molecular flexibility index (Phi) is 5.36. The molecule has 0 fully saturated rings. The Morgan fingerprint density at radius 3 is 2.89 bits per heavy atom. The number of aromatic nitrogens is 1. The molecule has 3 N–H and O–H groups in total. The maximum atomic E-state index is 12.0. The number of carbonyl (C=O) groups excluding carboxylic acids is 1. The molecule has 0 aliphatic heterocycles. The van der Waals surface area contributed by atoms with Crippen molar-refractivity contribution >= 4 is 28.2 Å². The number of hydrogen-bond donors (Lipinski definition) is 2. The van der Waals surface area contributed by atoms with Gasteiger partial charge in [-0.05, 0) is 13.8 Å². The molecule has 0 bridgehead atoms. The number of hydrogen-bond acceptors (Lipinski definition) is 6. The predicted molar refractivity (Wildman–Crippen MR) is 74.3 cm³/mol. The molecule has 1 rings (SSSR count). The van der Waals surface area contributed by atoms with Gasteiger partial charge in [-0.25, -0.2) is 4.98 Å². The summed E-state index contributed by atoms with van der Waals surface area (Å²) in [5.74, 6) is 0.0720. The molecule has 0 saturated heterocycles. The third-order valence-corrected chi connectivity index (χ3v) is 3.63. The predicted octanol–water partition coefficient (Wildman–Crippen LogP) is 0.946. The molecule has 102 valence electrons. The zero-order chi connectivity index (χ0) is 13.7. The van der Waals surface area contributed by atoms with E-state index in [1.54, 1.807) is 7.11 Å². The summed E-state index contributed by atoms with van der Waals surface area (Å²) in [6.45, 7) is 5.16. The van der Waals surface area contributed by atoms with Gasteiger partial charge in [-0.2, -0.15) is 0 Å². The topological polar surface area (TPSA) is 80.5 Å². The lowest BCUT2D eigenvalue weighted by Gasteiger charge is -2.12. The maximum Gasteiger partial charge on any atom is 0.265 e. The van der Waals surface area contributed by atoms with Crippen LogP contribution in [0.2, 0.25) is 0 Å². The number of carbonyl (C=O) groups is 1. The van der Waals surface area contributed by atoms with Crippen molar-refractivity contribution in [3.8, 4) is 0 Å². The van der Waals surface area contributed by atoms with E-state index < -0.39 is 0 Å². The number of thiazole rings is 1. The first kappa shape index (κ1) is 14.7. The summed E-state index contributed by atoms with van der Waals surface area (Å²) in [7, 11) is 3.51. The fraction of sp³-hybridized carbons (Fsp3) is 0.636. The van der Waals surface area contributed by atoms with Crippen LogP contribution in [-0.2, 0) is 4.74 Å². The standard InChI is InChI=1S/C11H20N4O2S/c1-5-15(3)11-14-9(12)8(18-11)10(16)13-7(2)6-17-4/h7H,5-6,12H2,1-4H3,(H,13,16). The molecule has 1 heterocycles. The van der Waals surface area contributed by atoms with Gasteiger partial charge in [0, 0.05) is 26.7 Å². The Balaban J connectivity index is 2.77. The first-order valence-corrected chi connectivity index (χ1v) is 6.58. The smallest absolute Gasteiger partial charge is 0.265 e. The van der Waals surface area contributed by atoms with E-state index >= 15 is 0 Å². The lowest BCUT2D eigenvalue weighted by molar-refractivity contribution is 0.0910. The van der Waals surface area contributed by atoms with Gasteiger partial charge in [0.05, 0.1) is 6.61 Å². The van der Waals surface area contributed by atoms with Gasteiger partial charge in [-0.3, -0.25) is 4.79 Å². The summed E-state index contributed by atoms with van der Waals surface area (Å²) >= 11 is 1.30. The Bertz CT molecular complexity index is 408. The highest BCUT2D eigenvalue weighted by molar-refractivity contribution is 7.18. The fourth-order valence-corrected chi connectivity index (χ4v) is 2.28. The van der Waals surface area contributed by atoms with Crippen LogP contribution in [0.3, 0.4) is 0 Å². The number of rotatable bonds is 6. The van der Waals surface area contributed by atoms with E-state index in [0.717, 1.165) is 11.7 Å². The zero-order valence-corrected chi connectivity index (χ0v) is 12.0. The molecule has 1 amide bonds. The summed E-state index contributed by atoms with van der Waals surface area (Å²) in [6.07, 6.45) is 0. The van der Waals surface area contributed by atoms with Crippen molar-refractivity contribution in [2.45, 2.75) is 19.9 Å². The fourth-order valence-electron chi connectivity index (χ4n) is 1.36. The molecule has 1 unspecified atom stereocenters. The maximum absolute atomic E-state index is 12.0. The molecular formula is C11H20N4O2S. The number of anilines is 2. The van der Waals surface area contributed by atoms with Gasteiger partial charge < -0.3 is 20.7 Å². The third kappa shape index (κ3) is 3.58. The number of amides is 1. The van der Waals surface area contributed by atoms with Crippen LogP contribution in [0.25, 0.3) is 0 Å².